The van der Waals surface area contributed by atoms with Crippen molar-refractivity contribution in [2.45, 2.75) is 62.2 Å². The number of hydrogen-bond acceptors (Lipinski definition) is 4. The maximum atomic E-state index is 14.0. The van der Waals surface area contributed by atoms with Gasteiger partial charge in [-0.3, -0.25) is 9.59 Å². The summed E-state index contributed by atoms with van der Waals surface area (Å²) in [5.41, 5.74) is 3.36. The molecule has 1 saturated carbocycles. The van der Waals surface area contributed by atoms with Crippen molar-refractivity contribution in [2.24, 2.45) is 0 Å². The lowest BCUT2D eigenvalue weighted by Gasteiger charge is -2.32. The molecule has 1 aliphatic carbocycles. The number of rotatable bonds is 14. The molecule has 0 spiro atoms. The molecule has 7 nitrogen and oxygen atoms in total. The molecule has 10 heteroatoms. The van der Waals surface area contributed by atoms with Gasteiger partial charge in [0.1, 0.15) is 6.04 Å². The molecule has 4 aromatic carbocycles. The fraction of sp³-hybridized carbons (Fsp3) is 0.257. The fourth-order valence-corrected chi connectivity index (χ4v) is 6.80. The fourth-order valence-electron chi connectivity index (χ4n) is 5.02. The Hall–Kier alpha value is -3.69. The highest BCUT2D eigenvalue weighted by Gasteiger charge is 2.31. The Labute approximate surface area is 274 Å². The van der Waals surface area contributed by atoms with E-state index in [-0.39, 0.29) is 42.3 Å². The number of nitrogens with one attached hydrogen (secondary N) is 2. The molecule has 4 aromatic rings. The molecular weight excluding hydrogens is 629 g/mol. The van der Waals surface area contributed by atoms with Gasteiger partial charge in [0.2, 0.25) is 21.8 Å². The summed E-state index contributed by atoms with van der Waals surface area (Å²) in [6, 6.07) is 30.1. The van der Waals surface area contributed by atoms with Crippen LogP contribution in [0.2, 0.25) is 10.0 Å². The van der Waals surface area contributed by atoms with Crippen molar-refractivity contribution >= 4 is 45.0 Å². The van der Waals surface area contributed by atoms with Crippen LogP contribution >= 0.6 is 23.2 Å². The topological polar surface area (TPSA) is 95.6 Å². The van der Waals surface area contributed by atoms with Gasteiger partial charge in [-0.2, -0.15) is 0 Å². The van der Waals surface area contributed by atoms with E-state index in [1.165, 1.54) is 0 Å². The lowest BCUT2D eigenvalue weighted by molar-refractivity contribution is -0.141. The van der Waals surface area contributed by atoms with Gasteiger partial charge in [-0.1, -0.05) is 102 Å². The van der Waals surface area contributed by atoms with Crippen molar-refractivity contribution in [1.29, 1.82) is 0 Å². The molecule has 0 aromatic heterocycles. The highest BCUT2D eigenvalue weighted by molar-refractivity contribution is 7.89. The largest absolute Gasteiger partial charge is 0.350 e. The Bertz CT molecular complexity index is 1720. The van der Waals surface area contributed by atoms with Gasteiger partial charge in [0.15, 0.2) is 0 Å². The van der Waals surface area contributed by atoms with E-state index >= 15 is 0 Å². The van der Waals surface area contributed by atoms with E-state index < -0.39 is 16.1 Å². The molecule has 0 bridgehead atoms. The highest BCUT2D eigenvalue weighted by Crippen LogP contribution is 2.24. The minimum Gasteiger partial charge on any atom is -0.350 e. The first-order chi connectivity index (χ1) is 21.7. The summed E-state index contributed by atoms with van der Waals surface area (Å²) in [4.78, 5) is 29.7. The van der Waals surface area contributed by atoms with Crippen molar-refractivity contribution < 1.29 is 18.0 Å². The Kier molecular flexibility index (Phi) is 10.9. The molecule has 0 unspecified atom stereocenters. The van der Waals surface area contributed by atoms with Gasteiger partial charge in [0.05, 0.1) is 4.90 Å². The molecule has 1 fully saturated rings. The quantitative estimate of drug-likeness (QED) is 0.165. The molecule has 1 atom stereocenters. The maximum Gasteiger partial charge on any atom is 0.243 e. The summed E-state index contributed by atoms with van der Waals surface area (Å²) in [5.74, 6) is -0.488. The molecule has 0 radical (unpaired) electrons. The SMILES string of the molecule is O=C(NCc1ccc(Cl)cc1Cl)[C@H](Cc1ccccc1)N(Cc1ccccc1)C(=O)CCc1ccc(S(=O)(=O)NC2CC2)cc1. The van der Waals surface area contributed by atoms with E-state index in [0.717, 1.165) is 29.5 Å². The van der Waals surface area contributed by atoms with Crippen LogP contribution in [0, 0.1) is 0 Å². The number of carbonyl (C=O) groups excluding carboxylic acids is 2. The molecular formula is C35H35Cl2N3O4S. The predicted molar refractivity (Wildman–Crippen MR) is 177 cm³/mol. The van der Waals surface area contributed by atoms with Crippen LogP contribution in [0.1, 0.15) is 41.5 Å². The zero-order valence-corrected chi connectivity index (χ0v) is 27.0. The normalized spacial score (nSPS) is 13.6. The van der Waals surface area contributed by atoms with Crippen LogP contribution in [0.4, 0.5) is 0 Å². The Morgan fingerprint density at radius 3 is 2.09 bits per heavy atom. The Balaban J connectivity index is 1.36. The molecule has 1 aliphatic rings. The standard InChI is InChI=1S/C35H35Cl2N3O4S/c36-29-15-14-28(32(37)22-29)23-38-35(42)33(21-26-7-3-1-4-8-26)40(24-27-9-5-2-6-10-27)34(41)20-13-25-11-18-31(19-12-25)45(43,44)39-30-16-17-30/h1-12,14-15,18-19,22,30,33,39H,13,16-17,20-21,23-24H2,(H,38,42)/t33-/m0/s1. The first-order valence-corrected chi connectivity index (χ1v) is 17.1. The van der Waals surface area contributed by atoms with Gasteiger partial charge < -0.3 is 10.2 Å². The van der Waals surface area contributed by atoms with E-state index in [0.29, 0.717) is 28.5 Å². The minimum absolute atomic E-state index is 0.0205. The number of benzene rings is 4. The zero-order valence-electron chi connectivity index (χ0n) is 24.7. The number of amides is 2. The molecule has 0 saturated heterocycles. The zero-order chi connectivity index (χ0) is 31.8. The van der Waals surface area contributed by atoms with Crippen molar-refractivity contribution in [3.63, 3.8) is 0 Å². The lowest BCUT2D eigenvalue weighted by atomic mass is 10.0. The third-order valence-corrected chi connectivity index (χ3v) is 9.82. The summed E-state index contributed by atoms with van der Waals surface area (Å²) >= 11 is 12.4. The molecule has 0 heterocycles. The van der Waals surface area contributed by atoms with Gasteiger partial charge in [0, 0.05) is 42.0 Å². The van der Waals surface area contributed by atoms with E-state index in [1.54, 1.807) is 47.4 Å². The third-order valence-electron chi connectivity index (χ3n) is 7.70. The average molecular weight is 665 g/mol. The van der Waals surface area contributed by atoms with Crippen LogP contribution in [-0.2, 0) is 45.5 Å². The van der Waals surface area contributed by atoms with E-state index in [1.807, 2.05) is 60.7 Å². The second kappa shape index (κ2) is 15.1. The second-order valence-corrected chi connectivity index (χ2v) is 13.8. The van der Waals surface area contributed by atoms with Crippen molar-refractivity contribution in [3.05, 3.63) is 135 Å². The monoisotopic (exact) mass is 663 g/mol. The van der Waals surface area contributed by atoms with Gasteiger partial charge in [0.25, 0.3) is 0 Å². The number of nitrogens with zero attached hydrogens (tertiary/aromatic N) is 1. The summed E-state index contributed by atoms with van der Waals surface area (Å²) in [6.07, 6.45) is 2.57. The van der Waals surface area contributed by atoms with E-state index in [4.69, 9.17) is 23.2 Å². The average Bonchev–Trinajstić information content (AvgIpc) is 3.85. The van der Waals surface area contributed by atoms with Crippen LogP contribution in [0.5, 0.6) is 0 Å². The summed E-state index contributed by atoms with van der Waals surface area (Å²) in [5, 5.41) is 3.94. The van der Waals surface area contributed by atoms with E-state index in [2.05, 4.69) is 10.0 Å². The summed E-state index contributed by atoms with van der Waals surface area (Å²) in [7, 11) is -3.56. The van der Waals surface area contributed by atoms with Crippen LogP contribution in [0.15, 0.2) is 108 Å². The van der Waals surface area contributed by atoms with Crippen molar-refractivity contribution in [3.8, 4) is 0 Å². The first kappa shape index (κ1) is 32.7. The van der Waals surface area contributed by atoms with Crippen LogP contribution < -0.4 is 10.0 Å². The summed E-state index contributed by atoms with van der Waals surface area (Å²) in [6.45, 7) is 0.425. The number of halogens is 2. The van der Waals surface area contributed by atoms with Crippen molar-refractivity contribution in [1.82, 2.24) is 14.9 Å². The van der Waals surface area contributed by atoms with Crippen LogP contribution in [0.25, 0.3) is 0 Å². The molecule has 0 aliphatic heterocycles. The van der Waals surface area contributed by atoms with Gasteiger partial charge >= 0.3 is 0 Å². The smallest absolute Gasteiger partial charge is 0.243 e. The lowest BCUT2D eigenvalue weighted by Crippen LogP contribution is -2.50. The molecule has 2 amide bonds. The number of carbonyl (C=O) groups is 2. The van der Waals surface area contributed by atoms with Gasteiger partial charge in [-0.25, -0.2) is 13.1 Å². The number of hydrogen-bond donors (Lipinski definition) is 2. The molecule has 2 N–H and O–H groups in total. The summed E-state index contributed by atoms with van der Waals surface area (Å²) < 4.78 is 27.8. The van der Waals surface area contributed by atoms with Gasteiger partial charge in [-0.15, -0.1) is 0 Å². The van der Waals surface area contributed by atoms with Gasteiger partial charge in [-0.05, 0) is 65.8 Å². The number of sulfonamides is 1. The first-order valence-electron chi connectivity index (χ1n) is 14.9. The second-order valence-electron chi connectivity index (χ2n) is 11.2. The minimum atomic E-state index is -3.56. The van der Waals surface area contributed by atoms with Crippen LogP contribution in [-0.4, -0.2) is 37.2 Å². The Morgan fingerprint density at radius 1 is 0.822 bits per heavy atom. The Morgan fingerprint density at radius 2 is 1.47 bits per heavy atom. The number of aryl methyl sites for hydroxylation is 1. The highest BCUT2D eigenvalue weighted by atomic mass is 35.5. The molecule has 5 rings (SSSR count). The molecule has 234 valence electrons. The third kappa shape index (κ3) is 9.41. The molecule has 45 heavy (non-hydrogen) atoms. The van der Waals surface area contributed by atoms with Crippen LogP contribution in [0.3, 0.4) is 0 Å². The predicted octanol–water partition coefficient (Wildman–Crippen LogP) is 6.32. The van der Waals surface area contributed by atoms with Crippen molar-refractivity contribution in [2.75, 3.05) is 0 Å². The van der Waals surface area contributed by atoms with E-state index in [9.17, 15) is 18.0 Å². The maximum absolute atomic E-state index is 14.0.